The van der Waals surface area contributed by atoms with Gasteiger partial charge in [-0.3, -0.25) is 0 Å². The number of hydrogen-bond donors (Lipinski definition) is 4. The van der Waals surface area contributed by atoms with Crippen molar-refractivity contribution in [1.82, 2.24) is 10.6 Å². The fourth-order valence-corrected chi connectivity index (χ4v) is 1.75. The lowest BCUT2D eigenvalue weighted by Gasteiger charge is -2.28. The van der Waals surface area contributed by atoms with Gasteiger partial charge in [0.25, 0.3) is 0 Å². The molecule has 5 nitrogen and oxygen atoms in total. The summed E-state index contributed by atoms with van der Waals surface area (Å²) < 4.78 is 0. The molecule has 0 heterocycles. The summed E-state index contributed by atoms with van der Waals surface area (Å²) >= 11 is 0. The van der Waals surface area contributed by atoms with Gasteiger partial charge in [-0.2, -0.15) is 0 Å². The molecule has 2 unspecified atom stereocenters. The molecule has 0 spiro atoms. The Kier molecular flexibility index (Phi) is 6.80. The van der Waals surface area contributed by atoms with Crippen LogP contribution in [0.2, 0.25) is 0 Å². The Bertz CT molecular complexity index is 283. The SMILES string of the molecule is CC(O)CC(C)(C)CNC(=O)NCC(O)C(C)(C)C. The second-order valence-electron chi connectivity index (χ2n) is 7.16. The van der Waals surface area contributed by atoms with Gasteiger partial charge in [-0.05, 0) is 24.2 Å². The Labute approximate surface area is 116 Å². The third-order valence-corrected chi connectivity index (χ3v) is 3.03. The van der Waals surface area contributed by atoms with Crippen molar-refractivity contribution in [3.05, 3.63) is 0 Å². The van der Waals surface area contributed by atoms with Gasteiger partial charge in [-0.15, -0.1) is 0 Å². The highest BCUT2D eigenvalue weighted by atomic mass is 16.3. The standard InChI is InChI=1S/C14H30N2O3/c1-10(17)7-14(5,6)9-16-12(19)15-8-11(18)13(2,3)4/h10-11,17-18H,7-9H2,1-6H3,(H2,15,16,19). The molecule has 0 aliphatic heterocycles. The van der Waals surface area contributed by atoms with Crippen LogP contribution < -0.4 is 10.6 Å². The van der Waals surface area contributed by atoms with Crippen molar-refractivity contribution >= 4 is 6.03 Å². The van der Waals surface area contributed by atoms with E-state index in [0.29, 0.717) is 13.0 Å². The fraction of sp³-hybridized carbons (Fsp3) is 0.929. The van der Waals surface area contributed by atoms with Gasteiger partial charge in [0.15, 0.2) is 0 Å². The molecule has 0 aromatic carbocycles. The molecule has 0 aliphatic rings. The van der Waals surface area contributed by atoms with E-state index in [1.165, 1.54) is 0 Å². The van der Waals surface area contributed by atoms with Gasteiger partial charge >= 0.3 is 6.03 Å². The first-order chi connectivity index (χ1) is 8.44. The highest BCUT2D eigenvalue weighted by Crippen LogP contribution is 2.21. The van der Waals surface area contributed by atoms with Crippen LogP contribution in [0.4, 0.5) is 4.79 Å². The van der Waals surface area contributed by atoms with Gasteiger partial charge in [-0.1, -0.05) is 34.6 Å². The molecule has 114 valence electrons. The number of aliphatic hydroxyl groups excluding tert-OH is 2. The monoisotopic (exact) mass is 274 g/mol. The van der Waals surface area contributed by atoms with Crippen LogP contribution in [0.3, 0.4) is 0 Å². The molecule has 0 aromatic rings. The molecule has 2 amide bonds. The average molecular weight is 274 g/mol. The normalized spacial score (nSPS) is 15.8. The minimum absolute atomic E-state index is 0.159. The van der Waals surface area contributed by atoms with Gasteiger partial charge in [-0.25, -0.2) is 4.79 Å². The average Bonchev–Trinajstić information content (AvgIpc) is 2.19. The number of aliphatic hydroxyl groups is 2. The number of rotatable bonds is 6. The fourth-order valence-electron chi connectivity index (χ4n) is 1.75. The number of carbonyl (C=O) groups excluding carboxylic acids is 1. The predicted molar refractivity (Wildman–Crippen MR) is 76.9 cm³/mol. The lowest BCUT2D eigenvalue weighted by Crippen LogP contribution is -2.46. The number of carbonyl (C=O) groups is 1. The minimum atomic E-state index is -0.580. The smallest absolute Gasteiger partial charge is 0.314 e. The molecule has 0 aromatic heterocycles. The van der Waals surface area contributed by atoms with Gasteiger partial charge in [0, 0.05) is 13.1 Å². The zero-order chi connectivity index (χ0) is 15.3. The summed E-state index contributed by atoms with van der Waals surface area (Å²) in [5.41, 5.74) is -0.410. The Morgan fingerprint density at radius 1 is 1.11 bits per heavy atom. The molecule has 4 N–H and O–H groups in total. The first-order valence-electron chi connectivity index (χ1n) is 6.82. The number of hydrogen-bond acceptors (Lipinski definition) is 3. The molecule has 0 saturated carbocycles. The van der Waals surface area contributed by atoms with E-state index in [2.05, 4.69) is 10.6 Å². The van der Waals surface area contributed by atoms with Crippen molar-refractivity contribution in [2.24, 2.45) is 10.8 Å². The van der Waals surface area contributed by atoms with E-state index in [1.807, 2.05) is 34.6 Å². The van der Waals surface area contributed by atoms with Crippen LogP contribution in [0, 0.1) is 10.8 Å². The number of urea groups is 1. The van der Waals surface area contributed by atoms with Crippen LogP contribution in [-0.2, 0) is 0 Å². The molecular formula is C14H30N2O3. The summed E-state index contributed by atoms with van der Waals surface area (Å²) in [5, 5.41) is 24.6. The first-order valence-corrected chi connectivity index (χ1v) is 6.82. The molecule has 0 fully saturated rings. The van der Waals surface area contributed by atoms with Crippen molar-refractivity contribution in [3.63, 3.8) is 0 Å². The van der Waals surface area contributed by atoms with Crippen LogP contribution >= 0.6 is 0 Å². The largest absolute Gasteiger partial charge is 0.393 e. The summed E-state index contributed by atoms with van der Waals surface area (Å²) in [5.74, 6) is 0. The number of amides is 2. The highest BCUT2D eigenvalue weighted by Gasteiger charge is 2.23. The minimum Gasteiger partial charge on any atom is -0.393 e. The van der Waals surface area contributed by atoms with Crippen LogP contribution in [0.1, 0.15) is 48.0 Å². The molecule has 0 rings (SSSR count). The summed E-state index contributed by atoms with van der Waals surface area (Å²) in [6.45, 7) is 12.2. The van der Waals surface area contributed by atoms with Gasteiger partial charge in [0.05, 0.1) is 12.2 Å². The number of nitrogens with one attached hydrogen (secondary N) is 2. The van der Waals surface area contributed by atoms with E-state index in [9.17, 15) is 15.0 Å². The van der Waals surface area contributed by atoms with E-state index in [-0.39, 0.29) is 29.5 Å². The summed E-state index contributed by atoms with van der Waals surface area (Å²) in [6.07, 6.45) is -0.343. The van der Waals surface area contributed by atoms with Gasteiger partial charge in [0.2, 0.25) is 0 Å². The van der Waals surface area contributed by atoms with Gasteiger partial charge in [0.1, 0.15) is 0 Å². The van der Waals surface area contributed by atoms with Crippen LogP contribution in [0.25, 0.3) is 0 Å². The van der Waals surface area contributed by atoms with E-state index >= 15 is 0 Å². The summed E-state index contributed by atoms with van der Waals surface area (Å²) in [6, 6.07) is -0.290. The zero-order valence-corrected chi connectivity index (χ0v) is 13.1. The van der Waals surface area contributed by atoms with E-state index in [4.69, 9.17) is 0 Å². The first kappa shape index (κ1) is 18.2. The zero-order valence-electron chi connectivity index (χ0n) is 13.1. The van der Waals surface area contributed by atoms with Crippen molar-refractivity contribution in [2.75, 3.05) is 13.1 Å². The van der Waals surface area contributed by atoms with E-state index < -0.39 is 6.10 Å². The topological polar surface area (TPSA) is 81.6 Å². The molecular weight excluding hydrogens is 244 g/mol. The maximum absolute atomic E-state index is 11.6. The Morgan fingerprint density at radius 2 is 1.63 bits per heavy atom. The molecule has 0 saturated heterocycles. The molecule has 0 radical (unpaired) electrons. The van der Waals surface area contributed by atoms with Crippen LogP contribution in [-0.4, -0.2) is 41.5 Å². The molecule has 19 heavy (non-hydrogen) atoms. The predicted octanol–water partition coefficient (Wildman–Crippen LogP) is 1.49. The third kappa shape index (κ3) is 8.83. The third-order valence-electron chi connectivity index (χ3n) is 3.03. The van der Waals surface area contributed by atoms with Crippen LogP contribution in [0.15, 0.2) is 0 Å². The van der Waals surface area contributed by atoms with Crippen molar-refractivity contribution in [3.8, 4) is 0 Å². The van der Waals surface area contributed by atoms with Gasteiger partial charge < -0.3 is 20.8 Å². The second-order valence-corrected chi connectivity index (χ2v) is 7.16. The van der Waals surface area contributed by atoms with Crippen molar-refractivity contribution in [2.45, 2.75) is 60.2 Å². The lowest BCUT2D eigenvalue weighted by molar-refractivity contribution is 0.0648. The summed E-state index contributed by atoms with van der Waals surface area (Å²) in [7, 11) is 0. The van der Waals surface area contributed by atoms with Crippen LogP contribution in [0.5, 0.6) is 0 Å². The quantitative estimate of drug-likeness (QED) is 0.592. The van der Waals surface area contributed by atoms with Crippen molar-refractivity contribution < 1.29 is 15.0 Å². The highest BCUT2D eigenvalue weighted by molar-refractivity contribution is 5.73. The summed E-state index contributed by atoms with van der Waals surface area (Å²) in [4.78, 5) is 11.6. The second kappa shape index (κ2) is 7.10. The van der Waals surface area contributed by atoms with E-state index in [1.54, 1.807) is 6.92 Å². The molecule has 0 bridgehead atoms. The maximum Gasteiger partial charge on any atom is 0.314 e. The molecule has 2 atom stereocenters. The maximum atomic E-state index is 11.6. The Morgan fingerprint density at radius 3 is 2.05 bits per heavy atom. The van der Waals surface area contributed by atoms with Crippen molar-refractivity contribution in [1.29, 1.82) is 0 Å². The lowest BCUT2D eigenvalue weighted by atomic mass is 9.87. The Hall–Kier alpha value is -0.810. The molecule has 0 aliphatic carbocycles. The molecule has 5 heteroatoms. The van der Waals surface area contributed by atoms with E-state index in [0.717, 1.165) is 0 Å². The Balaban J connectivity index is 4.00.